The average Bonchev–Trinajstić information content (AvgIpc) is 2.98. The number of carbonyl (C=O) groups is 1. The molecule has 1 aromatic rings. The van der Waals surface area contributed by atoms with E-state index in [1.165, 1.54) is 0 Å². The van der Waals surface area contributed by atoms with Crippen LogP contribution >= 0.6 is 24.0 Å². The summed E-state index contributed by atoms with van der Waals surface area (Å²) in [5.41, 5.74) is 0.620. The van der Waals surface area contributed by atoms with Gasteiger partial charge in [-0.15, -0.1) is 12.4 Å². The molecule has 0 aliphatic carbocycles. The highest BCUT2D eigenvalue weighted by Gasteiger charge is 2.31. The number of likely N-dealkylation sites (tertiary alicyclic amines) is 1. The minimum Gasteiger partial charge on any atom is -0.337 e. The molecule has 116 valence electrons. The van der Waals surface area contributed by atoms with Crippen LogP contribution in [0.4, 0.5) is 0 Å². The molecule has 0 aromatic heterocycles. The maximum atomic E-state index is 12.5. The van der Waals surface area contributed by atoms with E-state index in [1.807, 2.05) is 23.1 Å². The molecule has 3 rings (SSSR count). The Morgan fingerprint density at radius 2 is 1.90 bits per heavy atom. The molecular weight excluding hydrogens is 309 g/mol. The van der Waals surface area contributed by atoms with Crippen LogP contribution in [0.5, 0.6) is 0 Å². The molecular formula is C15H21Cl2N3O. The lowest BCUT2D eigenvalue weighted by Crippen LogP contribution is -2.49. The molecule has 4 nitrogen and oxygen atoms in total. The van der Waals surface area contributed by atoms with Gasteiger partial charge in [-0.1, -0.05) is 23.7 Å². The molecule has 0 saturated carbocycles. The molecule has 1 aromatic carbocycles. The summed E-state index contributed by atoms with van der Waals surface area (Å²) in [6.07, 6.45) is 1.07. The second-order valence-electron chi connectivity index (χ2n) is 5.46. The van der Waals surface area contributed by atoms with Crippen molar-refractivity contribution in [1.82, 2.24) is 15.1 Å². The molecule has 0 radical (unpaired) electrons. The zero-order valence-corrected chi connectivity index (χ0v) is 13.5. The highest BCUT2D eigenvalue weighted by atomic mass is 35.5. The number of rotatable bonds is 2. The van der Waals surface area contributed by atoms with Gasteiger partial charge >= 0.3 is 0 Å². The molecule has 1 unspecified atom stereocenters. The van der Waals surface area contributed by atoms with Crippen LogP contribution in [0.1, 0.15) is 16.8 Å². The summed E-state index contributed by atoms with van der Waals surface area (Å²) in [5, 5.41) is 3.91. The highest BCUT2D eigenvalue weighted by molar-refractivity contribution is 6.33. The van der Waals surface area contributed by atoms with Gasteiger partial charge in [-0.05, 0) is 18.6 Å². The molecule has 0 bridgehead atoms. The quantitative estimate of drug-likeness (QED) is 0.899. The lowest BCUT2D eigenvalue weighted by Gasteiger charge is -2.32. The normalized spacial score (nSPS) is 22.9. The Kier molecular flexibility index (Phi) is 5.88. The second kappa shape index (κ2) is 7.45. The predicted octanol–water partition coefficient (Wildman–Crippen LogP) is 1.88. The monoisotopic (exact) mass is 329 g/mol. The maximum absolute atomic E-state index is 12.5. The summed E-state index contributed by atoms with van der Waals surface area (Å²) in [6.45, 7) is 5.92. The molecule has 2 fully saturated rings. The van der Waals surface area contributed by atoms with Crippen molar-refractivity contribution in [3.05, 3.63) is 34.9 Å². The molecule has 2 saturated heterocycles. The third-order valence-corrected chi connectivity index (χ3v) is 4.55. The van der Waals surface area contributed by atoms with Crippen LogP contribution in [-0.4, -0.2) is 61.0 Å². The summed E-state index contributed by atoms with van der Waals surface area (Å²) in [7, 11) is 0. The van der Waals surface area contributed by atoms with Crippen LogP contribution in [0, 0.1) is 0 Å². The van der Waals surface area contributed by atoms with Crippen molar-refractivity contribution in [2.45, 2.75) is 12.5 Å². The smallest absolute Gasteiger partial charge is 0.255 e. The molecule has 2 heterocycles. The van der Waals surface area contributed by atoms with Gasteiger partial charge in [0, 0.05) is 45.3 Å². The van der Waals surface area contributed by atoms with Gasteiger partial charge in [-0.2, -0.15) is 0 Å². The van der Waals surface area contributed by atoms with E-state index in [-0.39, 0.29) is 18.3 Å². The van der Waals surface area contributed by atoms with Crippen LogP contribution in [-0.2, 0) is 0 Å². The number of halogens is 2. The van der Waals surface area contributed by atoms with Crippen LogP contribution in [0.3, 0.4) is 0 Å². The fourth-order valence-corrected chi connectivity index (χ4v) is 3.29. The van der Waals surface area contributed by atoms with Gasteiger partial charge in [-0.25, -0.2) is 0 Å². The first-order valence-corrected chi connectivity index (χ1v) is 7.62. The zero-order valence-electron chi connectivity index (χ0n) is 11.9. The lowest BCUT2D eigenvalue weighted by atomic mass is 10.2. The molecule has 0 spiro atoms. The molecule has 21 heavy (non-hydrogen) atoms. The SMILES string of the molecule is Cl.O=C(c1ccccc1Cl)N1CCC(N2CCNCC2)C1. The van der Waals surface area contributed by atoms with Crippen molar-refractivity contribution < 1.29 is 4.79 Å². The van der Waals surface area contributed by atoms with E-state index in [1.54, 1.807) is 6.07 Å². The first kappa shape index (κ1) is 16.6. The topological polar surface area (TPSA) is 35.6 Å². The van der Waals surface area contributed by atoms with E-state index >= 15 is 0 Å². The predicted molar refractivity (Wildman–Crippen MR) is 87.5 cm³/mol. The van der Waals surface area contributed by atoms with Gasteiger partial charge in [0.25, 0.3) is 5.91 Å². The standard InChI is InChI=1S/C15H20ClN3O.ClH/c16-14-4-2-1-3-13(14)15(20)19-8-5-12(11-19)18-9-6-17-7-10-18;/h1-4,12,17H,5-11H2;1H. The number of piperazine rings is 1. The number of nitrogens with one attached hydrogen (secondary N) is 1. The van der Waals surface area contributed by atoms with Crippen LogP contribution in [0.25, 0.3) is 0 Å². The first-order chi connectivity index (χ1) is 9.75. The number of hydrogen-bond acceptors (Lipinski definition) is 3. The summed E-state index contributed by atoms with van der Waals surface area (Å²) >= 11 is 6.12. The van der Waals surface area contributed by atoms with Crippen LogP contribution < -0.4 is 5.32 Å². The van der Waals surface area contributed by atoms with Gasteiger partial charge in [0.1, 0.15) is 0 Å². The van der Waals surface area contributed by atoms with Crippen molar-refractivity contribution in [2.75, 3.05) is 39.3 Å². The molecule has 2 aliphatic heterocycles. The van der Waals surface area contributed by atoms with Gasteiger partial charge < -0.3 is 10.2 Å². The largest absolute Gasteiger partial charge is 0.337 e. The van der Waals surface area contributed by atoms with Gasteiger partial charge in [0.2, 0.25) is 0 Å². The molecule has 6 heteroatoms. The third kappa shape index (κ3) is 3.69. The van der Waals surface area contributed by atoms with Gasteiger partial charge in [0.15, 0.2) is 0 Å². The van der Waals surface area contributed by atoms with E-state index in [4.69, 9.17) is 11.6 Å². The number of hydrogen-bond donors (Lipinski definition) is 1. The van der Waals surface area contributed by atoms with Gasteiger partial charge in [-0.3, -0.25) is 9.69 Å². The maximum Gasteiger partial charge on any atom is 0.255 e. The second-order valence-corrected chi connectivity index (χ2v) is 5.87. The summed E-state index contributed by atoms with van der Waals surface area (Å²) in [6, 6.07) is 7.81. The van der Waals surface area contributed by atoms with E-state index in [0.29, 0.717) is 16.6 Å². The summed E-state index contributed by atoms with van der Waals surface area (Å²) in [5.74, 6) is 0.0632. The molecule has 1 N–H and O–H groups in total. The van der Waals surface area contributed by atoms with Crippen molar-refractivity contribution in [1.29, 1.82) is 0 Å². The Bertz CT molecular complexity index is 492. The van der Waals surface area contributed by atoms with Crippen molar-refractivity contribution in [3.63, 3.8) is 0 Å². The highest BCUT2D eigenvalue weighted by Crippen LogP contribution is 2.22. The zero-order chi connectivity index (χ0) is 13.9. The van der Waals surface area contributed by atoms with Crippen LogP contribution in [0.15, 0.2) is 24.3 Å². The van der Waals surface area contributed by atoms with E-state index < -0.39 is 0 Å². The molecule has 1 amide bonds. The summed E-state index contributed by atoms with van der Waals surface area (Å²) in [4.78, 5) is 16.9. The summed E-state index contributed by atoms with van der Waals surface area (Å²) < 4.78 is 0. The Balaban J connectivity index is 0.00000161. The molecule has 1 atom stereocenters. The van der Waals surface area contributed by atoms with E-state index in [0.717, 1.165) is 45.7 Å². The number of amides is 1. The fraction of sp³-hybridized carbons (Fsp3) is 0.533. The number of carbonyl (C=O) groups excluding carboxylic acids is 1. The average molecular weight is 330 g/mol. The Morgan fingerprint density at radius 1 is 1.19 bits per heavy atom. The minimum atomic E-state index is 0. The lowest BCUT2D eigenvalue weighted by molar-refractivity contribution is 0.0773. The van der Waals surface area contributed by atoms with Crippen LogP contribution in [0.2, 0.25) is 5.02 Å². The Morgan fingerprint density at radius 3 is 2.62 bits per heavy atom. The van der Waals surface area contributed by atoms with Crippen molar-refractivity contribution in [3.8, 4) is 0 Å². The Labute approximate surface area is 136 Å². The minimum absolute atomic E-state index is 0. The van der Waals surface area contributed by atoms with E-state index in [2.05, 4.69) is 10.2 Å². The number of benzene rings is 1. The van der Waals surface area contributed by atoms with Crippen molar-refractivity contribution in [2.24, 2.45) is 0 Å². The van der Waals surface area contributed by atoms with E-state index in [9.17, 15) is 4.79 Å². The Hall–Kier alpha value is -0.810. The van der Waals surface area contributed by atoms with Crippen molar-refractivity contribution >= 4 is 29.9 Å². The first-order valence-electron chi connectivity index (χ1n) is 7.24. The van der Waals surface area contributed by atoms with Gasteiger partial charge in [0.05, 0.1) is 10.6 Å². The molecule has 2 aliphatic rings. The third-order valence-electron chi connectivity index (χ3n) is 4.22. The number of nitrogens with zero attached hydrogens (tertiary/aromatic N) is 2. The fourth-order valence-electron chi connectivity index (χ4n) is 3.08.